The van der Waals surface area contributed by atoms with E-state index in [9.17, 15) is 5.11 Å². The third-order valence-corrected chi connectivity index (χ3v) is 4.49. The van der Waals surface area contributed by atoms with Crippen molar-refractivity contribution in [2.24, 2.45) is 0 Å². The lowest BCUT2D eigenvalue weighted by atomic mass is 9.95. The van der Waals surface area contributed by atoms with Gasteiger partial charge in [-0.25, -0.2) is 0 Å². The van der Waals surface area contributed by atoms with Gasteiger partial charge in [-0.15, -0.1) is 6.58 Å². The van der Waals surface area contributed by atoms with Crippen LogP contribution >= 0.6 is 11.8 Å². The number of hydrogen-bond acceptors (Lipinski definition) is 3. The molecule has 1 saturated heterocycles. The summed E-state index contributed by atoms with van der Waals surface area (Å²) in [5.74, 6) is 2.20. The third-order valence-electron chi connectivity index (χ3n) is 3.50. The zero-order valence-corrected chi connectivity index (χ0v) is 11.9. The van der Waals surface area contributed by atoms with Crippen LogP contribution in [0.5, 0.6) is 0 Å². The second-order valence-electron chi connectivity index (χ2n) is 5.07. The number of rotatable bonds is 8. The second-order valence-corrected chi connectivity index (χ2v) is 6.29. The maximum atomic E-state index is 10.4. The highest BCUT2D eigenvalue weighted by molar-refractivity contribution is 7.99. The van der Waals surface area contributed by atoms with Gasteiger partial charge in [-0.1, -0.05) is 19.4 Å². The van der Waals surface area contributed by atoms with E-state index >= 15 is 0 Å². The summed E-state index contributed by atoms with van der Waals surface area (Å²) in [7, 11) is 0. The molecule has 0 radical (unpaired) electrons. The maximum Gasteiger partial charge on any atom is 0.0787 e. The van der Waals surface area contributed by atoms with Crippen LogP contribution in [0.4, 0.5) is 0 Å². The van der Waals surface area contributed by atoms with Crippen molar-refractivity contribution in [2.45, 2.75) is 57.1 Å². The zero-order valence-electron chi connectivity index (χ0n) is 11.1. The van der Waals surface area contributed by atoms with Gasteiger partial charge in [0, 0.05) is 12.6 Å². The van der Waals surface area contributed by atoms with E-state index in [1.807, 2.05) is 17.8 Å². The Hall–Kier alpha value is 0.0100. The molecule has 0 saturated carbocycles. The third kappa shape index (κ3) is 5.94. The lowest BCUT2D eigenvalue weighted by molar-refractivity contribution is 0.0290. The highest BCUT2D eigenvalue weighted by atomic mass is 32.2. The van der Waals surface area contributed by atoms with Crippen molar-refractivity contribution in [1.29, 1.82) is 0 Å². The molecule has 0 aromatic carbocycles. The summed E-state index contributed by atoms with van der Waals surface area (Å²) in [6.07, 6.45) is 8.45. The van der Waals surface area contributed by atoms with Crippen molar-refractivity contribution in [1.82, 2.24) is 5.32 Å². The first kappa shape index (κ1) is 15.1. The summed E-state index contributed by atoms with van der Waals surface area (Å²) >= 11 is 1.95. The number of nitrogens with one attached hydrogen (secondary N) is 1. The SMILES string of the molecule is C=CCCC(CCC)NCC1(O)CCSCC1. The van der Waals surface area contributed by atoms with E-state index in [4.69, 9.17) is 0 Å². The molecule has 1 atom stereocenters. The lowest BCUT2D eigenvalue weighted by Gasteiger charge is -2.33. The van der Waals surface area contributed by atoms with Gasteiger partial charge < -0.3 is 10.4 Å². The van der Waals surface area contributed by atoms with Crippen LogP contribution in [0.3, 0.4) is 0 Å². The number of aliphatic hydroxyl groups is 1. The summed E-state index contributed by atoms with van der Waals surface area (Å²) in [4.78, 5) is 0. The van der Waals surface area contributed by atoms with Gasteiger partial charge in [0.2, 0.25) is 0 Å². The predicted molar refractivity (Wildman–Crippen MR) is 77.6 cm³/mol. The average molecular weight is 257 g/mol. The smallest absolute Gasteiger partial charge is 0.0787 e. The largest absolute Gasteiger partial charge is 0.389 e. The normalized spacial score (nSPS) is 21.1. The summed E-state index contributed by atoms with van der Waals surface area (Å²) in [5.41, 5.74) is -0.453. The highest BCUT2D eigenvalue weighted by Gasteiger charge is 2.29. The molecule has 0 amide bonds. The average Bonchev–Trinajstić information content (AvgIpc) is 2.34. The summed E-state index contributed by atoms with van der Waals surface area (Å²) in [6.45, 7) is 6.75. The predicted octanol–water partition coefficient (Wildman–Crippen LogP) is 2.97. The molecule has 1 unspecified atom stereocenters. The number of thioether (sulfide) groups is 1. The minimum absolute atomic E-state index is 0.453. The van der Waals surface area contributed by atoms with Crippen molar-refractivity contribution in [3.63, 3.8) is 0 Å². The van der Waals surface area contributed by atoms with Crippen molar-refractivity contribution in [2.75, 3.05) is 18.1 Å². The van der Waals surface area contributed by atoms with Crippen LogP contribution in [0.15, 0.2) is 12.7 Å². The molecule has 0 spiro atoms. The Kier molecular flexibility index (Phi) is 7.24. The fourth-order valence-electron chi connectivity index (χ4n) is 2.28. The molecule has 1 aliphatic rings. The minimum atomic E-state index is -0.453. The van der Waals surface area contributed by atoms with E-state index in [1.54, 1.807) is 0 Å². The molecule has 1 fully saturated rings. The van der Waals surface area contributed by atoms with Gasteiger partial charge in [0.15, 0.2) is 0 Å². The van der Waals surface area contributed by atoms with E-state index in [2.05, 4.69) is 18.8 Å². The molecular weight excluding hydrogens is 230 g/mol. The van der Waals surface area contributed by atoms with E-state index < -0.39 is 5.60 Å². The van der Waals surface area contributed by atoms with Crippen LogP contribution < -0.4 is 5.32 Å². The Balaban J connectivity index is 2.30. The first-order valence-electron chi connectivity index (χ1n) is 6.84. The Bertz CT molecular complexity index is 214. The van der Waals surface area contributed by atoms with E-state index in [0.717, 1.165) is 43.7 Å². The van der Waals surface area contributed by atoms with Crippen molar-refractivity contribution >= 4 is 11.8 Å². The van der Waals surface area contributed by atoms with Gasteiger partial charge in [-0.05, 0) is 43.6 Å². The molecule has 17 heavy (non-hydrogen) atoms. The molecule has 1 heterocycles. The fraction of sp³-hybridized carbons (Fsp3) is 0.857. The summed E-state index contributed by atoms with van der Waals surface area (Å²) < 4.78 is 0. The summed E-state index contributed by atoms with van der Waals surface area (Å²) in [5, 5.41) is 14.0. The van der Waals surface area contributed by atoms with Crippen LogP contribution in [0.2, 0.25) is 0 Å². The molecule has 1 rings (SSSR count). The molecule has 0 aromatic rings. The molecule has 100 valence electrons. The van der Waals surface area contributed by atoms with Crippen LogP contribution in [-0.2, 0) is 0 Å². The van der Waals surface area contributed by atoms with Gasteiger partial charge in [0.25, 0.3) is 0 Å². The Morgan fingerprint density at radius 1 is 1.41 bits per heavy atom. The number of hydrogen-bond donors (Lipinski definition) is 2. The van der Waals surface area contributed by atoms with Crippen LogP contribution in [0.1, 0.15) is 45.4 Å². The second kappa shape index (κ2) is 8.17. The topological polar surface area (TPSA) is 32.3 Å². The standard InChI is InChI=1S/C14H27NOS/c1-3-5-7-13(6-4-2)15-12-14(16)8-10-17-11-9-14/h3,13,15-16H,1,4-12H2,2H3. The van der Waals surface area contributed by atoms with Crippen molar-refractivity contribution in [3.05, 3.63) is 12.7 Å². The van der Waals surface area contributed by atoms with Crippen LogP contribution in [0.25, 0.3) is 0 Å². The monoisotopic (exact) mass is 257 g/mol. The summed E-state index contributed by atoms with van der Waals surface area (Å²) in [6, 6.07) is 0.539. The quantitative estimate of drug-likeness (QED) is 0.656. The molecule has 1 aliphatic heterocycles. The Morgan fingerprint density at radius 3 is 2.71 bits per heavy atom. The first-order valence-corrected chi connectivity index (χ1v) is 8.00. The molecule has 0 aliphatic carbocycles. The molecular formula is C14H27NOS. The van der Waals surface area contributed by atoms with Crippen LogP contribution in [0, 0.1) is 0 Å². The molecule has 3 heteroatoms. The Labute approximate surface area is 110 Å². The van der Waals surface area contributed by atoms with Gasteiger partial charge in [-0.2, -0.15) is 11.8 Å². The lowest BCUT2D eigenvalue weighted by Crippen LogP contribution is -2.46. The zero-order chi connectivity index (χ0) is 12.6. The van der Waals surface area contributed by atoms with Gasteiger partial charge in [0.1, 0.15) is 0 Å². The molecule has 2 nitrogen and oxygen atoms in total. The van der Waals surface area contributed by atoms with E-state index in [0.29, 0.717) is 6.04 Å². The molecule has 2 N–H and O–H groups in total. The van der Waals surface area contributed by atoms with Crippen molar-refractivity contribution in [3.8, 4) is 0 Å². The van der Waals surface area contributed by atoms with Gasteiger partial charge >= 0.3 is 0 Å². The van der Waals surface area contributed by atoms with Crippen molar-refractivity contribution < 1.29 is 5.11 Å². The maximum absolute atomic E-state index is 10.4. The van der Waals surface area contributed by atoms with Crippen LogP contribution in [-0.4, -0.2) is 34.8 Å². The first-order chi connectivity index (χ1) is 8.20. The fourth-order valence-corrected chi connectivity index (χ4v) is 3.53. The van der Waals surface area contributed by atoms with E-state index in [1.165, 1.54) is 12.8 Å². The molecule has 0 bridgehead atoms. The van der Waals surface area contributed by atoms with Gasteiger partial charge in [-0.3, -0.25) is 0 Å². The molecule has 0 aromatic heterocycles. The number of allylic oxidation sites excluding steroid dienone is 1. The Morgan fingerprint density at radius 2 is 2.12 bits per heavy atom. The van der Waals surface area contributed by atoms with E-state index in [-0.39, 0.29) is 0 Å². The minimum Gasteiger partial charge on any atom is -0.389 e. The van der Waals surface area contributed by atoms with Gasteiger partial charge in [0.05, 0.1) is 5.60 Å². The highest BCUT2D eigenvalue weighted by Crippen LogP contribution is 2.26.